The molecular weight excluding hydrogens is 290 g/mol. The summed E-state index contributed by atoms with van der Waals surface area (Å²) in [5.41, 5.74) is 1.59. The molecule has 0 saturated carbocycles. The highest BCUT2D eigenvalue weighted by molar-refractivity contribution is 9.10. The summed E-state index contributed by atoms with van der Waals surface area (Å²) in [6, 6.07) is 1.96. The Morgan fingerprint density at radius 2 is 2.31 bits per heavy atom. The van der Waals surface area contributed by atoms with Crippen LogP contribution in [0.2, 0.25) is 0 Å². The molecule has 4 nitrogen and oxygen atoms in total. The Morgan fingerprint density at radius 3 is 3.06 bits per heavy atom. The van der Waals surface area contributed by atoms with Gasteiger partial charge in [0.15, 0.2) is 5.82 Å². The summed E-state index contributed by atoms with van der Waals surface area (Å²) in [5, 5.41) is 5.10. The lowest BCUT2D eigenvalue weighted by Gasteiger charge is -2.00. The Labute approximate surface area is 104 Å². The van der Waals surface area contributed by atoms with Crippen LogP contribution in [0.4, 0.5) is 0 Å². The smallest absolute Gasteiger partial charge is 0.255 e. The van der Waals surface area contributed by atoms with E-state index in [1.165, 1.54) is 0 Å². The first-order chi connectivity index (χ1) is 7.74. The minimum absolute atomic E-state index is 0.0328. The second-order valence-electron chi connectivity index (χ2n) is 3.57. The first-order valence-electron chi connectivity index (χ1n) is 4.81. The molecule has 1 aliphatic heterocycles. The molecule has 2 N–H and O–H groups in total. The molecule has 3 heterocycles. The van der Waals surface area contributed by atoms with E-state index in [9.17, 15) is 4.79 Å². The highest BCUT2D eigenvalue weighted by Crippen LogP contribution is 2.27. The number of halogens is 1. The number of nitrogens with zero attached hydrogens (tertiary/aromatic N) is 1. The van der Waals surface area contributed by atoms with Gasteiger partial charge in [0.2, 0.25) is 0 Å². The molecular formula is C10H8BrN3OS. The highest BCUT2D eigenvalue weighted by Gasteiger charge is 2.17. The number of fused-ring (bicyclic) bond motifs is 1. The zero-order valence-electron chi connectivity index (χ0n) is 8.21. The fourth-order valence-electron chi connectivity index (χ4n) is 1.73. The maximum Gasteiger partial charge on any atom is 0.255 e. The second-order valence-corrected chi connectivity index (χ2v) is 5.40. The molecule has 2 aromatic rings. The van der Waals surface area contributed by atoms with Crippen LogP contribution in [0.5, 0.6) is 0 Å². The molecule has 0 amide bonds. The highest BCUT2D eigenvalue weighted by atomic mass is 79.9. The van der Waals surface area contributed by atoms with E-state index >= 15 is 0 Å². The standard InChI is InChI=1S/C10H8BrN3OS/c11-5-1-8(16-4-5)9-13-7-3-12-2-6(7)10(15)14-9/h1,4,12H,2-3H2,(H,13,14,15). The summed E-state index contributed by atoms with van der Waals surface area (Å²) in [6.07, 6.45) is 0. The van der Waals surface area contributed by atoms with Crippen molar-refractivity contribution in [3.05, 3.63) is 37.5 Å². The third kappa shape index (κ3) is 1.63. The Kier molecular flexibility index (Phi) is 2.42. The van der Waals surface area contributed by atoms with Gasteiger partial charge in [-0.1, -0.05) is 0 Å². The third-order valence-electron chi connectivity index (χ3n) is 2.50. The van der Waals surface area contributed by atoms with Crippen molar-refractivity contribution in [1.29, 1.82) is 0 Å². The van der Waals surface area contributed by atoms with Crippen molar-refractivity contribution in [2.45, 2.75) is 13.1 Å². The molecule has 0 fully saturated rings. The van der Waals surface area contributed by atoms with Crippen LogP contribution in [0.3, 0.4) is 0 Å². The van der Waals surface area contributed by atoms with Gasteiger partial charge in [-0.15, -0.1) is 11.3 Å². The van der Waals surface area contributed by atoms with E-state index in [1.54, 1.807) is 11.3 Å². The fraction of sp³-hybridized carbons (Fsp3) is 0.200. The van der Waals surface area contributed by atoms with Gasteiger partial charge in [0.1, 0.15) is 0 Å². The molecule has 1 aliphatic rings. The summed E-state index contributed by atoms with van der Waals surface area (Å²) in [6.45, 7) is 1.30. The SMILES string of the molecule is O=c1[nH]c(-c2cc(Br)cs2)nc2c1CNC2. The van der Waals surface area contributed by atoms with E-state index in [0.717, 1.165) is 20.6 Å². The Balaban J connectivity index is 2.16. The molecule has 0 unspecified atom stereocenters. The maximum atomic E-state index is 11.8. The summed E-state index contributed by atoms with van der Waals surface area (Å²) >= 11 is 4.95. The van der Waals surface area contributed by atoms with Gasteiger partial charge in [0.05, 0.1) is 16.1 Å². The fourth-order valence-corrected chi connectivity index (χ4v) is 3.10. The van der Waals surface area contributed by atoms with Crippen LogP contribution in [0.25, 0.3) is 10.7 Å². The number of hydrogen-bond acceptors (Lipinski definition) is 4. The predicted molar refractivity (Wildman–Crippen MR) is 66.4 cm³/mol. The molecule has 0 atom stereocenters. The average Bonchev–Trinajstić information content (AvgIpc) is 2.85. The Morgan fingerprint density at radius 1 is 1.44 bits per heavy atom. The monoisotopic (exact) mass is 297 g/mol. The van der Waals surface area contributed by atoms with Crippen LogP contribution in [0.1, 0.15) is 11.3 Å². The summed E-state index contributed by atoms with van der Waals surface area (Å²) < 4.78 is 1.01. The summed E-state index contributed by atoms with van der Waals surface area (Å²) in [4.78, 5) is 20.0. The normalized spacial score (nSPS) is 14.1. The molecule has 0 radical (unpaired) electrons. The molecule has 0 saturated heterocycles. The van der Waals surface area contributed by atoms with Crippen molar-refractivity contribution in [3.63, 3.8) is 0 Å². The molecule has 0 aliphatic carbocycles. The van der Waals surface area contributed by atoms with Crippen LogP contribution in [0, 0.1) is 0 Å². The van der Waals surface area contributed by atoms with Crippen molar-refractivity contribution >= 4 is 27.3 Å². The van der Waals surface area contributed by atoms with E-state index in [2.05, 4.69) is 31.2 Å². The van der Waals surface area contributed by atoms with Crippen molar-refractivity contribution in [3.8, 4) is 10.7 Å². The van der Waals surface area contributed by atoms with Gasteiger partial charge in [-0.05, 0) is 22.0 Å². The minimum Gasteiger partial charge on any atom is -0.307 e. The number of nitrogens with one attached hydrogen (secondary N) is 2. The first kappa shape index (κ1) is 10.2. The Bertz CT molecular complexity index is 604. The van der Waals surface area contributed by atoms with Crippen LogP contribution < -0.4 is 10.9 Å². The number of rotatable bonds is 1. The molecule has 82 valence electrons. The van der Waals surface area contributed by atoms with E-state index in [0.29, 0.717) is 18.9 Å². The van der Waals surface area contributed by atoms with Gasteiger partial charge in [-0.2, -0.15) is 0 Å². The first-order valence-corrected chi connectivity index (χ1v) is 6.48. The predicted octanol–water partition coefficient (Wildman–Crippen LogP) is 1.86. The van der Waals surface area contributed by atoms with E-state index in [4.69, 9.17) is 0 Å². The quantitative estimate of drug-likeness (QED) is 0.845. The van der Waals surface area contributed by atoms with Crippen molar-refractivity contribution in [2.75, 3.05) is 0 Å². The zero-order chi connectivity index (χ0) is 11.1. The minimum atomic E-state index is -0.0328. The van der Waals surface area contributed by atoms with Gasteiger partial charge in [0.25, 0.3) is 5.56 Å². The average molecular weight is 298 g/mol. The van der Waals surface area contributed by atoms with Crippen molar-refractivity contribution in [1.82, 2.24) is 15.3 Å². The molecule has 0 aromatic carbocycles. The number of thiophene rings is 1. The van der Waals surface area contributed by atoms with Gasteiger partial charge in [0, 0.05) is 22.9 Å². The van der Waals surface area contributed by atoms with Gasteiger partial charge in [-0.3, -0.25) is 4.79 Å². The lowest BCUT2D eigenvalue weighted by atomic mass is 10.2. The lowest BCUT2D eigenvalue weighted by Crippen LogP contribution is -2.15. The topological polar surface area (TPSA) is 57.8 Å². The van der Waals surface area contributed by atoms with Gasteiger partial charge >= 0.3 is 0 Å². The third-order valence-corrected chi connectivity index (χ3v) is 4.19. The molecule has 0 spiro atoms. The van der Waals surface area contributed by atoms with E-state index in [-0.39, 0.29) is 5.56 Å². The molecule has 3 rings (SSSR count). The maximum absolute atomic E-state index is 11.8. The summed E-state index contributed by atoms with van der Waals surface area (Å²) in [5.74, 6) is 0.656. The number of H-pyrrole nitrogens is 1. The van der Waals surface area contributed by atoms with Crippen LogP contribution in [-0.2, 0) is 13.1 Å². The van der Waals surface area contributed by atoms with Crippen molar-refractivity contribution < 1.29 is 0 Å². The zero-order valence-corrected chi connectivity index (χ0v) is 10.6. The summed E-state index contributed by atoms with van der Waals surface area (Å²) in [7, 11) is 0. The number of hydrogen-bond donors (Lipinski definition) is 2. The molecule has 6 heteroatoms. The van der Waals surface area contributed by atoms with E-state index in [1.807, 2.05) is 11.4 Å². The molecule has 2 aromatic heterocycles. The van der Waals surface area contributed by atoms with Crippen LogP contribution >= 0.6 is 27.3 Å². The van der Waals surface area contributed by atoms with Crippen LogP contribution in [-0.4, -0.2) is 9.97 Å². The van der Waals surface area contributed by atoms with Gasteiger partial charge in [-0.25, -0.2) is 4.98 Å². The van der Waals surface area contributed by atoms with Gasteiger partial charge < -0.3 is 10.3 Å². The van der Waals surface area contributed by atoms with E-state index < -0.39 is 0 Å². The molecule has 0 bridgehead atoms. The number of aromatic nitrogens is 2. The Hall–Kier alpha value is -0.980. The van der Waals surface area contributed by atoms with Crippen molar-refractivity contribution in [2.24, 2.45) is 0 Å². The number of aromatic amines is 1. The second kappa shape index (κ2) is 3.80. The largest absolute Gasteiger partial charge is 0.307 e. The lowest BCUT2D eigenvalue weighted by molar-refractivity contribution is 0.757. The van der Waals surface area contributed by atoms with Crippen LogP contribution in [0.15, 0.2) is 20.7 Å². The molecule has 16 heavy (non-hydrogen) atoms.